The second kappa shape index (κ2) is 7.06. The average Bonchev–Trinajstić information content (AvgIpc) is 2.51. The van der Waals surface area contributed by atoms with Crippen molar-refractivity contribution >= 4 is 16.8 Å². The van der Waals surface area contributed by atoms with Crippen LogP contribution in [0, 0.1) is 0 Å². The average molecular weight is 303 g/mol. The summed E-state index contributed by atoms with van der Waals surface area (Å²) in [5.41, 5.74) is -0.495. The SMILES string of the molecule is CCCN(CCC)C(=O)Cn1c(=O)[nH]c(=O)c2ccccc21. The van der Waals surface area contributed by atoms with Crippen molar-refractivity contribution in [2.45, 2.75) is 33.2 Å². The normalized spacial score (nSPS) is 10.8. The van der Waals surface area contributed by atoms with Crippen molar-refractivity contribution in [1.29, 1.82) is 0 Å². The van der Waals surface area contributed by atoms with Crippen LogP contribution in [-0.4, -0.2) is 33.4 Å². The number of fused-ring (bicyclic) bond motifs is 1. The number of carbonyl (C=O) groups is 1. The first-order chi connectivity index (χ1) is 10.6. The van der Waals surface area contributed by atoms with Crippen LogP contribution in [0.3, 0.4) is 0 Å². The second-order valence-electron chi connectivity index (χ2n) is 5.24. The summed E-state index contributed by atoms with van der Waals surface area (Å²) in [7, 11) is 0. The molecule has 2 aromatic rings. The third-order valence-corrected chi connectivity index (χ3v) is 3.54. The summed E-state index contributed by atoms with van der Waals surface area (Å²) in [5.74, 6) is -0.108. The van der Waals surface area contributed by atoms with Gasteiger partial charge in [0.25, 0.3) is 5.56 Å². The van der Waals surface area contributed by atoms with Crippen molar-refractivity contribution in [1.82, 2.24) is 14.5 Å². The minimum atomic E-state index is -0.551. The number of aromatic amines is 1. The molecule has 22 heavy (non-hydrogen) atoms. The lowest BCUT2D eigenvalue weighted by Crippen LogP contribution is -2.39. The van der Waals surface area contributed by atoms with Gasteiger partial charge in [0.2, 0.25) is 5.91 Å². The van der Waals surface area contributed by atoms with E-state index in [4.69, 9.17) is 0 Å². The van der Waals surface area contributed by atoms with E-state index in [1.54, 1.807) is 29.2 Å². The number of nitrogens with one attached hydrogen (secondary N) is 1. The Hall–Kier alpha value is -2.37. The summed E-state index contributed by atoms with van der Waals surface area (Å²) in [6, 6.07) is 6.81. The molecule has 0 unspecified atom stereocenters. The van der Waals surface area contributed by atoms with Gasteiger partial charge in [0.1, 0.15) is 6.54 Å². The Balaban J connectivity index is 2.41. The number of para-hydroxylation sites is 1. The minimum Gasteiger partial charge on any atom is -0.341 e. The number of benzene rings is 1. The number of hydrogen-bond acceptors (Lipinski definition) is 3. The zero-order chi connectivity index (χ0) is 16.1. The van der Waals surface area contributed by atoms with Crippen LogP contribution in [0.1, 0.15) is 26.7 Å². The van der Waals surface area contributed by atoms with Crippen molar-refractivity contribution in [3.05, 3.63) is 45.1 Å². The van der Waals surface area contributed by atoms with Crippen molar-refractivity contribution < 1.29 is 4.79 Å². The van der Waals surface area contributed by atoms with Crippen molar-refractivity contribution in [2.24, 2.45) is 0 Å². The Bertz CT molecular complexity index is 770. The Kier molecular flexibility index (Phi) is 5.14. The summed E-state index contributed by atoms with van der Waals surface area (Å²) in [6.07, 6.45) is 1.74. The Labute approximate surface area is 128 Å². The van der Waals surface area contributed by atoms with Crippen LogP contribution in [0.5, 0.6) is 0 Å². The molecule has 0 fully saturated rings. The Morgan fingerprint density at radius 1 is 1.14 bits per heavy atom. The molecule has 0 aliphatic rings. The van der Waals surface area contributed by atoms with Crippen LogP contribution < -0.4 is 11.2 Å². The summed E-state index contributed by atoms with van der Waals surface area (Å²) >= 11 is 0. The molecule has 1 heterocycles. The molecule has 0 aliphatic carbocycles. The molecular weight excluding hydrogens is 282 g/mol. The standard InChI is InChI=1S/C16H21N3O3/c1-3-9-18(10-4-2)14(20)11-19-13-8-6-5-7-12(13)15(21)17-16(19)22/h5-8H,3-4,9-11H2,1-2H3,(H,17,21,22). The fourth-order valence-electron chi connectivity index (χ4n) is 2.54. The first-order valence-electron chi connectivity index (χ1n) is 7.58. The zero-order valence-corrected chi connectivity index (χ0v) is 13.0. The second-order valence-corrected chi connectivity index (χ2v) is 5.24. The van der Waals surface area contributed by atoms with Gasteiger partial charge < -0.3 is 4.90 Å². The summed E-state index contributed by atoms with van der Waals surface area (Å²) < 4.78 is 1.33. The lowest BCUT2D eigenvalue weighted by molar-refractivity contribution is -0.131. The molecule has 0 spiro atoms. The molecule has 0 atom stereocenters. The maximum Gasteiger partial charge on any atom is 0.329 e. The number of rotatable bonds is 6. The number of hydrogen-bond donors (Lipinski definition) is 1. The van der Waals surface area contributed by atoms with Crippen LogP contribution in [0.25, 0.3) is 10.9 Å². The van der Waals surface area contributed by atoms with E-state index in [1.165, 1.54) is 4.57 Å². The molecular formula is C16H21N3O3. The highest BCUT2D eigenvalue weighted by atomic mass is 16.2. The van der Waals surface area contributed by atoms with Gasteiger partial charge in [-0.3, -0.25) is 19.1 Å². The largest absolute Gasteiger partial charge is 0.341 e. The van der Waals surface area contributed by atoms with Crippen LogP contribution in [0.4, 0.5) is 0 Å². The third kappa shape index (κ3) is 3.27. The number of nitrogens with zero attached hydrogens (tertiary/aromatic N) is 2. The van der Waals surface area contributed by atoms with Gasteiger partial charge in [-0.1, -0.05) is 26.0 Å². The van der Waals surface area contributed by atoms with Crippen LogP contribution in [-0.2, 0) is 11.3 Å². The smallest absolute Gasteiger partial charge is 0.329 e. The molecule has 1 aromatic carbocycles. The van der Waals surface area contributed by atoms with Gasteiger partial charge in [0, 0.05) is 13.1 Å². The van der Waals surface area contributed by atoms with Crippen molar-refractivity contribution in [3.8, 4) is 0 Å². The van der Waals surface area contributed by atoms with Crippen molar-refractivity contribution in [2.75, 3.05) is 13.1 Å². The van der Waals surface area contributed by atoms with Gasteiger partial charge in [-0.05, 0) is 25.0 Å². The van der Waals surface area contributed by atoms with E-state index in [-0.39, 0.29) is 12.5 Å². The molecule has 2 rings (SSSR count). The molecule has 0 bridgehead atoms. The maximum atomic E-state index is 12.4. The third-order valence-electron chi connectivity index (χ3n) is 3.54. The van der Waals surface area contributed by atoms with E-state index in [0.717, 1.165) is 12.8 Å². The van der Waals surface area contributed by atoms with Gasteiger partial charge in [-0.15, -0.1) is 0 Å². The highest BCUT2D eigenvalue weighted by molar-refractivity contribution is 5.81. The van der Waals surface area contributed by atoms with E-state index in [1.807, 2.05) is 13.8 Å². The molecule has 0 aliphatic heterocycles. The summed E-state index contributed by atoms with van der Waals surface area (Å²) in [6.45, 7) is 5.30. The topological polar surface area (TPSA) is 75.2 Å². The maximum absolute atomic E-state index is 12.4. The first kappa shape index (κ1) is 16.0. The van der Waals surface area contributed by atoms with E-state index in [2.05, 4.69) is 4.98 Å². The van der Waals surface area contributed by atoms with E-state index >= 15 is 0 Å². The quantitative estimate of drug-likeness (QED) is 0.875. The lowest BCUT2D eigenvalue weighted by atomic mass is 10.2. The molecule has 6 nitrogen and oxygen atoms in total. The van der Waals surface area contributed by atoms with Crippen LogP contribution >= 0.6 is 0 Å². The minimum absolute atomic E-state index is 0.0594. The summed E-state index contributed by atoms with van der Waals surface area (Å²) in [4.78, 5) is 40.4. The monoisotopic (exact) mass is 303 g/mol. The first-order valence-corrected chi connectivity index (χ1v) is 7.58. The Morgan fingerprint density at radius 3 is 2.41 bits per heavy atom. The summed E-state index contributed by atoms with van der Waals surface area (Å²) in [5, 5.41) is 0.410. The number of aromatic nitrogens is 2. The highest BCUT2D eigenvalue weighted by Gasteiger charge is 2.15. The zero-order valence-electron chi connectivity index (χ0n) is 13.0. The van der Waals surface area contributed by atoms with Crippen LogP contribution in [0.2, 0.25) is 0 Å². The number of amides is 1. The van der Waals surface area contributed by atoms with Crippen molar-refractivity contribution in [3.63, 3.8) is 0 Å². The predicted octanol–water partition coefficient (Wildman–Crippen LogP) is 1.34. The molecule has 0 saturated carbocycles. The highest BCUT2D eigenvalue weighted by Crippen LogP contribution is 2.07. The fraction of sp³-hybridized carbons (Fsp3) is 0.438. The van der Waals surface area contributed by atoms with Gasteiger partial charge in [0.05, 0.1) is 10.9 Å². The van der Waals surface area contributed by atoms with Crippen LogP contribution in [0.15, 0.2) is 33.9 Å². The fourth-order valence-corrected chi connectivity index (χ4v) is 2.54. The predicted molar refractivity (Wildman–Crippen MR) is 86.0 cm³/mol. The van der Waals surface area contributed by atoms with Gasteiger partial charge >= 0.3 is 5.69 Å². The lowest BCUT2D eigenvalue weighted by Gasteiger charge is -2.22. The van der Waals surface area contributed by atoms with E-state index in [0.29, 0.717) is 24.0 Å². The van der Waals surface area contributed by atoms with Gasteiger partial charge in [0.15, 0.2) is 0 Å². The molecule has 0 radical (unpaired) electrons. The van der Waals surface area contributed by atoms with Gasteiger partial charge in [-0.25, -0.2) is 4.79 Å². The molecule has 1 aromatic heterocycles. The number of H-pyrrole nitrogens is 1. The molecule has 118 valence electrons. The Morgan fingerprint density at radius 2 is 1.77 bits per heavy atom. The molecule has 6 heteroatoms. The number of carbonyl (C=O) groups excluding carboxylic acids is 1. The van der Waals surface area contributed by atoms with E-state index < -0.39 is 11.2 Å². The molecule has 0 saturated heterocycles. The molecule has 1 N–H and O–H groups in total. The van der Waals surface area contributed by atoms with Gasteiger partial charge in [-0.2, -0.15) is 0 Å². The van der Waals surface area contributed by atoms with E-state index in [9.17, 15) is 14.4 Å². The molecule has 1 amide bonds.